The summed E-state index contributed by atoms with van der Waals surface area (Å²) in [5, 5.41) is 8.73. The number of rotatable bonds is 5. The van der Waals surface area contributed by atoms with Crippen molar-refractivity contribution < 1.29 is 9.47 Å². The Kier molecular flexibility index (Phi) is 4.44. The molecular formula is C13H13N5O2. The molecule has 2 aromatic rings. The van der Waals surface area contributed by atoms with Gasteiger partial charge in [0, 0.05) is 13.2 Å². The van der Waals surface area contributed by atoms with E-state index in [0.29, 0.717) is 28.8 Å². The molecule has 1 aromatic carbocycles. The third-order valence-electron chi connectivity index (χ3n) is 2.38. The third kappa shape index (κ3) is 3.41. The molecule has 0 aliphatic carbocycles. The highest BCUT2D eigenvalue weighted by Crippen LogP contribution is 2.21. The molecule has 0 radical (unpaired) electrons. The monoisotopic (exact) mass is 271 g/mol. The van der Waals surface area contributed by atoms with Gasteiger partial charge >= 0.3 is 0 Å². The minimum absolute atomic E-state index is 0.249. The molecule has 3 N–H and O–H groups in total. The molecule has 0 aliphatic heterocycles. The van der Waals surface area contributed by atoms with E-state index in [0.717, 1.165) is 0 Å². The molecule has 1 aromatic heterocycles. The summed E-state index contributed by atoms with van der Waals surface area (Å²) in [6, 6.07) is 10.3. The van der Waals surface area contributed by atoms with Gasteiger partial charge in [-0.3, -0.25) is 0 Å². The summed E-state index contributed by atoms with van der Waals surface area (Å²) in [6.45, 7) is 0.249. The zero-order valence-corrected chi connectivity index (χ0v) is 10.8. The van der Waals surface area contributed by atoms with Crippen LogP contribution < -0.4 is 16.0 Å². The Morgan fingerprint density at radius 3 is 2.65 bits per heavy atom. The average molecular weight is 271 g/mol. The summed E-state index contributed by atoms with van der Waals surface area (Å²) in [7, 11) is 1.55. The van der Waals surface area contributed by atoms with Crippen molar-refractivity contribution in [3.05, 3.63) is 41.7 Å². The lowest BCUT2D eigenvalue weighted by Crippen LogP contribution is -2.11. The normalized spacial score (nSPS) is 9.85. The van der Waals surface area contributed by atoms with Crippen molar-refractivity contribution in [2.45, 2.75) is 6.61 Å². The molecule has 0 bridgehead atoms. The van der Waals surface area contributed by atoms with Crippen LogP contribution in [0.5, 0.6) is 11.6 Å². The van der Waals surface area contributed by atoms with E-state index in [1.54, 1.807) is 37.4 Å². The number of hydrogen-bond donors (Lipinski definition) is 2. The van der Waals surface area contributed by atoms with Gasteiger partial charge in [-0.2, -0.15) is 10.2 Å². The smallest absolute Gasteiger partial charge is 0.224 e. The van der Waals surface area contributed by atoms with Crippen LogP contribution in [-0.4, -0.2) is 17.1 Å². The zero-order valence-electron chi connectivity index (χ0n) is 10.8. The maximum atomic E-state index is 8.73. The lowest BCUT2D eigenvalue weighted by atomic mass is 10.2. The van der Waals surface area contributed by atoms with Crippen LogP contribution in [-0.2, 0) is 11.3 Å². The molecule has 2 rings (SSSR count). The molecule has 7 nitrogen and oxygen atoms in total. The number of nitrogens with zero attached hydrogens (tertiary/aromatic N) is 3. The Morgan fingerprint density at radius 2 is 2.05 bits per heavy atom. The molecule has 0 amide bonds. The maximum absolute atomic E-state index is 8.73. The summed E-state index contributed by atoms with van der Waals surface area (Å²) >= 11 is 0. The molecule has 0 saturated carbocycles. The van der Waals surface area contributed by atoms with Crippen LogP contribution in [0.3, 0.4) is 0 Å². The number of methoxy groups -OCH3 is 1. The molecule has 0 fully saturated rings. The predicted molar refractivity (Wildman–Crippen MR) is 71.8 cm³/mol. The SMILES string of the molecule is COCc1nc(NN)cc(Oc2ccc(C#N)cc2)n1. The Bertz CT molecular complexity index is 622. The molecule has 20 heavy (non-hydrogen) atoms. The van der Waals surface area contributed by atoms with Crippen molar-refractivity contribution in [3.63, 3.8) is 0 Å². The molecule has 7 heteroatoms. The van der Waals surface area contributed by atoms with Gasteiger partial charge in [0.05, 0.1) is 11.6 Å². The topological polar surface area (TPSA) is 106 Å². The van der Waals surface area contributed by atoms with E-state index in [9.17, 15) is 0 Å². The third-order valence-corrected chi connectivity index (χ3v) is 2.38. The van der Waals surface area contributed by atoms with Crippen LogP contribution in [0.15, 0.2) is 30.3 Å². The van der Waals surface area contributed by atoms with Crippen molar-refractivity contribution in [2.24, 2.45) is 5.84 Å². The number of nitrogens with one attached hydrogen (secondary N) is 1. The van der Waals surface area contributed by atoms with Gasteiger partial charge in [0.1, 0.15) is 18.2 Å². The largest absolute Gasteiger partial charge is 0.439 e. The first-order valence-electron chi connectivity index (χ1n) is 5.76. The first-order valence-corrected chi connectivity index (χ1v) is 5.76. The van der Waals surface area contributed by atoms with Crippen LogP contribution in [0.4, 0.5) is 5.82 Å². The number of hydrazine groups is 1. The van der Waals surface area contributed by atoms with Gasteiger partial charge in [-0.25, -0.2) is 10.8 Å². The van der Waals surface area contributed by atoms with Gasteiger partial charge < -0.3 is 14.9 Å². The van der Waals surface area contributed by atoms with Gasteiger partial charge in [0.2, 0.25) is 5.88 Å². The van der Waals surface area contributed by atoms with E-state index in [1.165, 1.54) is 0 Å². The lowest BCUT2D eigenvalue weighted by Gasteiger charge is -2.08. The number of nitrogen functional groups attached to an aromatic ring is 1. The second-order valence-electron chi connectivity index (χ2n) is 3.82. The van der Waals surface area contributed by atoms with E-state index < -0.39 is 0 Å². The van der Waals surface area contributed by atoms with E-state index in [-0.39, 0.29) is 6.61 Å². The van der Waals surface area contributed by atoms with Crippen LogP contribution in [0, 0.1) is 11.3 Å². The fourth-order valence-electron chi connectivity index (χ4n) is 1.51. The summed E-state index contributed by atoms with van der Waals surface area (Å²) in [6.07, 6.45) is 0. The molecule has 0 spiro atoms. The highest BCUT2D eigenvalue weighted by Gasteiger charge is 2.06. The Balaban J connectivity index is 2.22. The Hall–Kier alpha value is -2.69. The minimum Gasteiger partial charge on any atom is -0.439 e. The van der Waals surface area contributed by atoms with Gasteiger partial charge in [0.15, 0.2) is 5.82 Å². The summed E-state index contributed by atoms with van der Waals surface area (Å²) in [5.41, 5.74) is 3.00. The van der Waals surface area contributed by atoms with E-state index >= 15 is 0 Å². The van der Waals surface area contributed by atoms with Crippen molar-refractivity contribution in [1.82, 2.24) is 9.97 Å². The predicted octanol–water partition coefficient (Wildman–Crippen LogP) is 1.57. The van der Waals surface area contributed by atoms with Crippen LogP contribution >= 0.6 is 0 Å². The second-order valence-corrected chi connectivity index (χ2v) is 3.82. The quantitative estimate of drug-likeness (QED) is 0.628. The van der Waals surface area contributed by atoms with Crippen molar-refractivity contribution >= 4 is 5.82 Å². The summed E-state index contributed by atoms with van der Waals surface area (Å²) in [5.74, 6) is 7.12. The van der Waals surface area contributed by atoms with Crippen LogP contribution in [0.1, 0.15) is 11.4 Å². The van der Waals surface area contributed by atoms with E-state index in [2.05, 4.69) is 15.4 Å². The molecular weight excluding hydrogens is 258 g/mol. The van der Waals surface area contributed by atoms with Crippen LogP contribution in [0.2, 0.25) is 0 Å². The summed E-state index contributed by atoms with van der Waals surface area (Å²) in [4.78, 5) is 8.31. The number of ether oxygens (including phenoxy) is 2. The first kappa shape index (κ1) is 13.7. The number of hydrogen-bond acceptors (Lipinski definition) is 7. The van der Waals surface area contributed by atoms with Gasteiger partial charge in [-0.05, 0) is 24.3 Å². The van der Waals surface area contributed by atoms with E-state index in [1.807, 2.05) is 6.07 Å². The molecule has 0 atom stereocenters. The average Bonchev–Trinajstić information content (AvgIpc) is 2.48. The molecule has 0 saturated heterocycles. The fourth-order valence-corrected chi connectivity index (χ4v) is 1.51. The molecule has 102 valence electrons. The number of nitriles is 1. The van der Waals surface area contributed by atoms with Gasteiger partial charge in [0.25, 0.3) is 0 Å². The fraction of sp³-hybridized carbons (Fsp3) is 0.154. The van der Waals surface area contributed by atoms with Gasteiger partial charge in [-0.15, -0.1) is 0 Å². The van der Waals surface area contributed by atoms with Crippen LogP contribution in [0.25, 0.3) is 0 Å². The number of benzene rings is 1. The summed E-state index contributed by atoms with van der Waals surface area (Å²) < 4.78 is 10.6. The van der Waals surface area contributed by atoms with E-state index in [4.69, 9.17) is 20.6 Å². The Labute approximate surface area is 116 Å². The standard InChI is InChI=1S/C13H13N5O2/c1-19-8-12-16-11(18-15)6-13(17-12)20-10-4-2-9(7-14)3-5-10/h2-6H,8,15H2,1H3,(H,16,17,18). The van der Waals surface area contributed by atoms with Crippen molar-refractivity contribution in [3.8, 4) is 17.7 Å². The Morgan fingerprint density at radius 1 is 1.30 bits per heavy atom. The lowest BCUT2D eigenvalue weighted by molar-refractivity contribution is 0.177. The molecule has 1 heterocycles. The number of aromatic nitrogens is 2. The molecule has 0 unspecified atom stereocenters. The second kappa shape index (κ2) is 6.47. The number of nitrogens with two attached hydrogens (primary N) is 1. The zero-order chi connectivity index (χ0) is 14.4. The minimum atomic E-state index is 0.249. The number of anilines is 1. The first-order chi connectivity index (χ1) is 9.75. The highest BCUT2D eigenvalue weighted by molar-refractivity contribution is 5.40. The van der Waals surface area contributed by atoms with Crippen molar-refractivity contribution in [1.29, 1.82) is 5.26 Å². The maximum Gasteiger partial charge on any atom is 0.224 e. The highest BCUT2D eigenvalue weighted by atomic mass is 16.5. The molecule has 0 aliphatic rings. The van der Waals surface area contributed by atoms with Crippen molar-refractivity contribution in [2.75, 3.05) is 12.5 Å². The van der Waals surface area contributed by atoms with Gasteiger partial charge in [-0.1, -0.05) is 0 Å².